The van der Waals surface area contributed by atoms with E-state index in [1.54, 1.807) is 12.1 Å². The van der Waals surface area contributed by atoms with Crippen LogP contribution in [0.1, 0.15) is 26.2 Å². The van der Waals surface area contributed by atoms with E-state index in [-0.39, 0.29) is 18.7 Å². The first-order chi connectivity index (χ1) is 9.50. The zero-order valence-corrected chi connectivity index (χ0v) is 12.0. The molecule has 0 bridgehead atoms. The number of halogens is 1. The van der Waals surface area contributed by atoms with Crippen LogP contribution in [0.5, 0.6) is 11.5 Å². The Morgan fingerprint density at radius 3 is 2.80 bits per heavy atom. The summed E-state index contributed by atoms with van der Waals surface area (Å²) in [5, 5.41) is 3.29. The number of ether oxygens (including phenoxy) is 2. The summed E-state index contributed by atoms with van der Waals surface area (Å²) in [7, 11) is 0. The summed E-state index contributed by atoms with van der Waals surface area (Å²) in [6.45, 7) is 2.08. The fourth-order valence-electron chi connectivity index (χ4n) is 2.75. The van der Waals surface area contributed by atoms with Gasteiger partial charge in [-0.2, -0.15) is 0 Å². The molecule has 2 atom stereocenters. The fraction of sp³-hybridized carbons (Fsp3) is 0.500. The summed E-state index contributed by atoms with van der Waals surface area (Å²) in [5.41, 5.74) is 6.04. The van der Waals surface area contributed by atoms with Gasteiger partial charge in [-0.05, 0) is 19.8 Å². The van der Waals surface area contributed by atoms with Gasteiger partial charge in [-0.15, -0.1) is 0 Å². The maximum atomic E-state index is 12.5. The number of hydrogen-bond acceptors (Lipinski definition) is 4. The Morgan fingerprint density at radius 1 is 1.45 bits per heavy atom. The highest BCUT2D eigenvalue weighted by Crippen LogP contribution is 2.41. The van der Waals surface area contributed by atoms with Crippen molar-refractivity contribution in [3.05, 3.63) is 17.2 Å². The molecule has 1 aliphatic carbocycles. The molecule has 3 rings (SSSR count). The molecule has 3 N–H and O–H groups in total. The molecule has 20 heavy (non-hydrogen) atoms. The molecule has 5 nitrogen and oxygen atoms in total. The molecule has 1 saturated carbocycles. The van der Waals surface area contributed by atoms with Crippen molar-refractivity contribution in [3.63, 3.8) is 0 Å². The Morgan fingerprint density at radius 2 is 2.15 bits per heavy atom. The minimum atomic E-state index is -0.542. The summed E-state index contributed by atoms with van der Waals surface area (Å²) >= 11 is 6.16. The summed E-state index contributed by atoms with van der Waals surface area (Å²) in [6.07, 6.45) is 2.64. The first kappa shape index (κ1) is 13.5. The van der Waals surface area contributed by atoms with Gasteiger partial charge >= 0.3 is 0 Å². The number of carbonyl (C=O) groups is 1. The van der Waals surface area contributed by atoms with Crippen molar-refractivity contribution < 1.29 is 14.3 Å². The van der Waals surface area contributed by atoms with E-state index in [1.807, 2.05) is 6.92 Å². The van der Waals surface area contributed by atoms with Crippen LogP contribution in [0.2, 0.25) is 5.02 Å². The van der Waals surface area contributed by atoms with Crippen LogP contribution in [-0.4, -0.2) is 18.7 Å². The standard InChI is InChI=1S/C14H17ClN2O3/c1-14(4-2-3-12(14)16)13(18)17-9-6-11-10(5-8(9)15)19-7-20-11/h5-6,12H,2-4,7,16H2,1H3,(H,17,18). The average molecular weight is 297 g/mol. The number of fused-ring (bicyclic) bond motifs is 1. The van der Waals surface area contributed by atoms with Gasteiger partial charge in [0.25, 0.3) is 0 Å². The third kappa shape index (κ3) is 2.11. The van der Waals surface area contributed by atoms with Crippen molar-refractivity contribution in [1.82, 2.24) is 0 Å². The maximum Gasteiger partial charge on any atom is 0.231 e. The lowest BCUT2D eigenvalue weighted by molar-refractivity contribution is -0.125. The third-order valence-electron chi connectivity index (χ3n) is 4.26. The SMILES string of the molecule is CC1(C(=O)Nc2cc3c(cc2Cl)OCO3)CCCC1N. The van der Waals surface area contributed by atoms with Crippen LogP contribution in [-0.2, 0) is 4.79 Å². The number of hydrogen-bond donors (Lipinski definition) is 2. The molecule has 1 aliphatic heterocycles. The largest absolute Gasteiger partial charge is 0.454 e. The Hall–Kier alpha value is -1.46. The van der Waals surface area contributed by atoms with Crippen molar-refractivity contribution in [2.75, 3.05) is 12.1 Å². The van der Waals surface area contributed by atoms with E-state index in [4.69, 9.17) is 26.8 Å². The first-order valence-electron chi connectivity index (χ1n) is 6.67. The summed E-state index contributed by atoms with van der Waals surface area (Å²) in [6, 6.07) is 3.22. The highest BCUT2D eigenvalue weighted by Gasteiger charge is 2.43. The third-order valence-corrected chi connectivity index (χ3v) is 4.57. The zero-order chi connectivity index (χ0) is 14.3. The molecular formula is C14H17ClN2O3. The van der Waals surface area contributed by atoms with Crippen LogP contribution in [0, 0.1) is 5.41 Å². The van der Waals surface area contributed by atoms with Crippen molar-refractivity contribution >= 4 is 23.2 Å². The molecule has 2 aliphatic rings. The minimum Gasteiger partial charge on any atom is -0.454 e. The quantitative estimate of drug-likeness (QED) is 0.879. The van der Waals surface area contributed by atoms with Gasteiger partial charge in [-0.3, -0.25) is 4.79 Å². The predicted octanol–water partition coefficient (Wildman–Crippen LogP) is 2.52. The van der Waals surface area contributed by atoms with Crippen molar-refractivity contribution in [2.45, 2.75) is 32.2 Å². The highest BCUT2D eigenvalue weighted by molar-refractivity contribution is 6.34. The zero-order valence-electron chi connectivity index (χ0n) is 11.2. The second kappa shape index (κ2) is 4.82. The Kier molecular flexibility index (Phi) is 3.26. The van der Waals surface area contributed by atoms with Gasteiger partial charge in [0.2, 0.25) is 12.7 Å². The van der Waals surface area contributed by atoms with Crippen LogP contribution in [0.25, 0.3) is 0 Å². The minimum absolute atomic E-state index is 0.0942. The second-order valence-corrected chi connectivity index (χ2v) is 5.96. The van der Waals surface area contributed by atoms with E-state index in [0.717, 1.165) is 19.3 Å². The van der Waals surface area contributed by atoms with Gasteiger partial charge in [0.1, 0.15) is 0 Å². The summed E-state index contributed by atoms with van der Waals surface area (Å²) < 4.78 is 10.5. The van der Waals surface area contributed by atoms with Crippen LogP contribution < -0.4 is 20.5 Å². The molecule has 0 radical (unpaired) electrons. The summed E-state index contributed by atoms with van der Waals surface area (Å²) in [4.78, 5) is 12.5. The fourth-order valence-corrected chi connectivity index (χ4v) is 2.95. The van der Waals surface area contributed by atoms with Gasteiger partial charge in [0, 0.05) is 18.2 Å². The number of amides is 1. The van der Waals surface area contributed by atoms with Gasteiger partial charge < -0.3 is 20.5 Å². The average Bonchev–Trinajstić information content (AvgIpc) is 2.98. The molecule has 2 unspecified atom stereocenters. The van der Waals surface area contributed by atoms with Crippen molar-refractivity contribution in [2.24, 2.45) is 11.1 Å². The second-order valence-electron chi connectivity index (χ2n) is 5.56. The molecule has 0 aromatic heterocycles. The molecule has 0 saturated heterocycles. The Labute approximate surface area is 122 Å². The van der Waals surface area contributed by atoms with E-state index in [0.29, 0.717) is 22.2 Å². The smallest absolute Gasteiger partial charge is 0.231 e. The predicted molar refractivity (Wildman–Crippen MR) is 76.1 cm³/mol. The van der Waals surface area contributed by atoms with Crippen LogP contribution in [0.4, 0.5) is 5.69 Å². The monoisotopic (exact) mass is 296 g/mol. The van der Waals surface area contributed by atoms with E-state index in [1.165, 1.54) is 0 Å². The van der Waals surface area contributed by atoms with Gasteiger partial charge in [0.05, 0.1) is 16.1 Å². The van der Waals surface area contributed by atoms with Crippen LogP contribution in [0.15, 0.2) is 12.1 Å². The van der Waals surface area contributed by atoms with Crippen LogP contribution in [0.3, 0.4) is 0 Å². The van der Waals surface area contributed by atoms with Gasteiger partial charge in [-0.25, -0.2) is 0 Å². The molecule has 1 aromatic carbocycles. The molecule has 1 fully saturated rings. The lowest BCUT2D eigenvalue weighted by Crippen LogP contribution is -2.44. The maximum absolute atomic E-state index is 12.5. The molecule has 6 heteroatoms. The number of anilines is 1. The highest BCUT2D eigenvalue weighted by atomic mass is 35.5. The molecular weight excluding hydrogens is 280 g/mol. The number of carbonyl (C=O) groups excluding carboxylic acids is 1. The Bertz CT molecular complexity index is 564. The lowest BCUT2D eigenvalue weighted by atomic mass is 9.84. The number of benzene rings is 1. The molecule has 0 spiro atoms. The van der Waals surface area contributed by atoms with Gasteiger partial charge in [-0.1, -0.05) is 18.0 Å². The molecule has 1 amide bonds. The van der Waals surface area contributed by atoms with E-state index in [2.05, 4.69) is 5.32 Å². The molecule has 1 heterocycles. The van der Waals surface area contributed by atoms with Crippen molar-refractivity contribution in [3.8, 4) is 11.5 Å². The topological polar surface area (TPSA) is 73.6 Å². The Balaban J connectivity index is 1.83. The first-order valence-corrected chi connectivity index (χ1v) is 7.05. The van der Waals surface area contributed by atoms with E-state index < -0.39 is 5.41 Å². The lowest BCUT2D eigenvalue weighted by Gasteiger charge is -2.27. The number of nitrogens with two attached hydrogens (primary N) is 1. The van der Waals surface area contributed by atoms with Crippen LogP contribution >= 0.6 is 11.6 Å². The van der Waals surface area contributed by atoms with Crippen molar-refractivity contribution in [1.29, 1.82) is 0 Å². The van der Waals surface area contributed by atoms with Gasteiger partial charge in [0.15, 0.2) is 11.5 Å². The number of rotatable bonds is 2. The van der Waals surface area contributed by atoms with E-state index >= 15 is 0 Å². The molecule has 1 aromatic rings. The van der Waals surface area contributed by atoms with E-state index in [9.17, 15) is 4.79 Å². The number of nitrogens with one attached hydrogen (secondary N) is 1. The molecule has 108 valence electrons. The normalized spacial score (nSPS) is 27.6. The summed E-state index contributed by atoms with van der Waals surface area (Å²) in [5.74, 6) is 1.09.